The number of allylic oxidation sites excluding steroid dienone is 1. The Morgan fingerprint density at radius 3 is 3.00 bits per heavy atom. The fourth-order valence-corrected chi connectivity index (χ4v) is 5.55. The Morgan fingerprint density at radius 2 is 2.29 bits per heavy atom. The Bertz CT molecular complexity index is 729. The quantitative estimate of drug-likeness (QED) is 0.661. The molecular weight excluding hydrogens is 300 g/mol. The molecule has 0 radical (unpaired) electrons. The third-order valence-electron chi connectivity index (χ3n) is 6.46. The molecule has 1 saturated carbocycles. The van der Waals surface area contributed by atoms with E-state index in [1.807, 2.05) is 11.0 Å². The number of ether oxygens (including phenoxy) is 1. The number of benzene rings is 1. The number of carbonyl (C=O) groups excluding carboxylic acids is 1. The Morgan fingerprint density at radius 1 is 1.50 bits per heavy atom. The first-order valence-corrected chi connectivity index (χ1v) is 8.85. The van der Waals surface area contributed by atoms with E-state index in [-0.39, 0.29) is 17.2 Å². The van der Waals surface area contributed by atoms with Gasteiger partial charge >= 0.3 is 6.09 Å². The predicted octanol–water partition coefficient (Wildman–Crippen LogP) is 4.34. The summed E-state index contributed by atoms with van der Waals surface area (Å²) >= 11 is 0. The number of carbonyl (C=O) groups is 1. The van der Waals surface area contributed by atoms with Gasteiger partial charge in [0.05, 0.1) is 7.11 Å². The zero-order valence-electron chi connectivity index (χ0n) is 14.8. The minimum atomic E-state index is -0.276. The van der Waals surface area contributed by atoms with Gasteiger partial charge in [0, 0.05) is 23.6 Å². The fourth-order valence-electron chi connectivity index (χ4n) is 5.55. The van der Waals surface area contributed by atoms with Gasteiger partial charge in [-0.15, -0.1) is 6.58 Å². The molecule has 1 aliphatic carbocycles. The minimum Gasteiger partial charge on any atom is -0.453 e. The van der Waals surface area contributed by atoms with Crippen molar-refractivity contribution in [1.29, 1.82) is 0 Å². The van der Waals surface area contributed by atoms with Crippen molar-refractivity contribution >= 4 is 11.8 Å². The molecule has 1 amide bonds. The number of likely N-dealkylation sites (tertiary alicyclic amines) is 1. The molecule has 3 aliphatic rings. The molecule has 1 aromatic carbocycles. The van der Waals surface area contributed by atoms with Crippen molar-refractivity contribution < 1.29 is 9.53 Å². The number of nitrogens with zero attached hydrogens (tertiary/aromatic N) is 1. The average Bonchev–Trinajstić information content (AvgIpc) is 2.86. The first kappa shape index (κ1) is 15.6. The van der Waals surface area contributed by atoms with Gasteiger partial charge in [-0.25, -0.2) is 4.79 Å². The van der Waals surface area contributed by atoms with Crippen molar-refractivity contribution in [1.82, 2.24) is 4.90 Å². The molecule has 2 unspecified atom stereocenters. The smallest absolute Gasteiger partial charge is 0.411 e. The molecule has 2 heterocycles. The summed E-state index contributed by atoms with van der Waals surface area (Å²) in [4.78, 5) is 14.3. The second-order valence-electron chi connectivity index (χ2n) is 7.71. The van der Waals surface area contributed by atoms with Crippen LogP contribution >= 0.6 is 0 Å². The Kier molecular flexibility index (Phi) is 3.25. The third kappa shape index (κ3) is 1.66. The molecule has 0 bridgehead atoms. The van der Waals surface area contributed by atoms with Crippen LogP contribution in [-0.2, 0) is 4.74 Å². The van der Waals surface area contributed by atoms with E-state index in [4.69, 9.17) is 4.74 Å². The average molecular weight is 326 g/mol. The summed E-state index contributed by atoms with van der Waals surface area (Å²) in [5.74, 6) is 0.379. The van der Waals surface area contributed by atoms with Crippen molar-refractivity contribution in [2.24, 2.45) is 5.41 Å². The second kappa shape index (κ2) is 5.01. The van der Waals surface area contributed by atoms with Gasteiger partial charge in [-0.2, -0.15) is 0 Å². The molecule has 1 saturated heterocycles. The lowest BCUT2D eigenvalue weighted by molar-refractivity contribution is -0.213. The molecule has 4 rings (SSSR count). The molecule has 2 aliphatic heterocycles. The maximum atomic E-state index is 12.3. The largest absolute Gasteiger partial charge is 0.453 e. The van der Waals surface area contributed by atoms with Crippen LogP contribution in [0.25, 0.3) is 0 Å². The van der Waals surface area contributed by atoms with Crippen molar-refractivity contribution in [3.8, 4) is 0 Å². The van der Waals surface area contributed by atoms with Crippen molar-refractivity contribution in [2.75, 3.05) is 19.0 Å². The van der Waals surface area contributed by atoms with Gasteiger partial charge < -0.3 is 10.1 Å². The standard InChI is InChI=1S/C20H26N2O2/c1-5-6-7-8-19-11-15-17-14(3)9-13(2)10-16(17)21-20(15,19)22(12-19)18(23)24-4/h5,9-10,15,21H,1,6-8,11-12H2,2-4H3/t15?,19-,20?/m0/s1. The highest BCUT2D eigenvalue weighted by molar-refractivity contribution is 5.78. The molecule has 1 spiro atoms. The zero-order chi connectivity index (χ0) is 17.1. The highest BCUT2D eigenvalue weighted by Crippen LogP contribution is 2.74. The van der Waals surface area contributed by atoms with Gasteiger partial charge in [-0.3, -0.25) is 4.90 Å². The number of rotatable bonds is 4. The molecule has 1 aromatic rings. The van der Waals surface area contributed by atoms with Crippen LogP contribution in [0.5, 0.6) is 0 Å². The van der Waals surface area contributed by atoms with Crippen LogP contribution in [0.15, 0.2) is 24.8 Å². The molecule has 0 aromatic heterocycles. The molecule has 2 fully saturated rings. The van der Waals surface area contributed by atoms with Gasteiger partial charge in [0.2, 0.25) is 0 Å². The molecule has 128 valence electrons. The number of nitrogens with one attached hydrogen (secondary N) is 1. The van der Waals surface area contributed by atoms with Crippen molar-refractivity contribution in [3.63, 3.8) is 0 Å². The number of aryl methyl sites for hydroxylation is 2. The van der Waals surface area contributed by atoms with Gasteiger partial charge in [-0.1, -0.05) is 12.1 Å². The van der Waals surface area contributed by atoms with Crippen molar-refractivity contribution in [3.05, 3.63) is 41.5 Å². The number of fused-ring (bicyclic) bond motifs is 2. The lowest BCUT2D eigenvalue weighted by Crippen LogP contribution is -2.86. The lowest BCUT2D eigenvalue weighted by atomic mass is 9.45. The highest BCUT2D eigenvalue weighted by atomic mass is 16.5. The van der Waals surface area contributed by atoms with E-state index in [1.54, 1.807) is 0 Å². The van der Waals surface area contributed by atoms with E-state index in [1.165, 1.54) is 29.5 Å². The Labute approximate surface area is 143 Å². The van der Waals surface area contributed by atoms with E-state index in [2.05, 4.69) is 37.9 Å². The molecule has 4 nitrogen and oxygen atoms in total. The number of anilines is 1. The molecule has 24 heavy (non-hydrogen) atoms. The van der Waals surface area contributed by atoms with Crippen LogP contribution < -0.4 is 5.32 Å². The van der Waals surface area contributed by atoms with E-state index in [9.17, 15) is 4.79 Å². The number of methoxy groups -OCH3 is 1. The number of amides is 1. The van der Waals surface area contributed by atoms with E-state index >= 15 is 0 Å². The van der Waals surface area contributed by atoms with Gasteiger partial charge in [0.1, 0.15) is 5.66 Å². The topological polar surface area (TPSA) is 41.6 Å². The van der Waals surface area contributed by atoms with Crippen LogP contribution in [0.1, 0.15) is 48.3 Å². The maximum Gasteiger partial charge on any atom is 0.411 e. The Hall–Kier alpha value is -1.97. The summed E-state index contributed by atoms with van der Waals surface area (Å²) in [6, 6.07) is 4.47. The lowest BCUT2D eigenvalue weighted by Gasteiger charge is -2.74. The van der Waals surface area contributed by atoms with E-state index in [0.717, 1.165) is 32.2 Å². The van der Waals surface area contributed by atoms with E-state index < -0.39 is 0 Å². The fraction of sp³-hybridized carbons (Fsp3) is 0.550. The monoisotopic (exact) mass is 326 g/mol. The normalized spacial score (nSPS) is 31.8. The van der Waals surface area contributed by atoms with Crippen molar-refractivity contribution in [2.45, 2.75) is 51.1 Å². The summed E-state index contributed by atoms with van der Waals surface area (Å²) in [7, 11) is 1.47. The van der Waals surface area contributed by atoms with Crippen LogP contribution in [0.3, 0.4) is 0 Å². The van der Waals surface area contributed by atoms with E-state index in [0.29, 0.717) is 5.92 Å². The second-order valence-corrected chi connectivity index (χ2v) is 7.71. The third-order valence-corrected chi connectivity index (χ3v) is 6.46. The first-order valence-electron chi connectivity index (χ1n) is 8.85. The molecule has 4 heteroatoms. The summed E-state index contributed by atoms with van der Waals surface area (Å²) in [6.45, 7) is 8.95. The van der Waals surface area contributed by atoms with Crippen LogP contribution in [0.4, 0.5) is 10.5 Å². The highest BCUT2D eigenvalue weighted by Gasteiger charge is 2.79. The number of piperidine rings is 1. The number of hydrogen-bond donors (Lipinski definition) is 1. The SMILES string of the molecule is C=CCCC[C@@]12CC3c4c(C)cc(C)cc4NC31N(C(=O)OC)C2. The summed E-state index contributed by atoms with van der Waals surface area (Å²) in [6.07, 6.45) is 6.22. The predicted molar refractivity (Wildman–Crippen MR) is 95.2 cm³/mol. The van der Waals surface area contributed by atoms with Crippen LogP contribution in [-0.4, -0.2) is 30.3 Å². The number of hydrogen-bond acceptors (Lipinski definition) is 3. The summed E-state index contributed by atoms with van der Waals surface area (Å²) in [5.41, 5.74) is 5.09. The maximum absolute atomic E-state index is 12.3. The first-order chi connectivity index (χ1) is 11.5. The Balaban J connectivity index is 1.71. The van der Waals surface area contributed by atoms with Gasteiger partial charge in [0.15, 0.2) is 0 Å². The molecule has 3 atom stereocenters. The zero-order valence-corrected chi connectivity index (χ0v) is 14.8. The number of unbranched alkanes of at least 4 members (excludes halogenated alkanes) is 1. The minimum absolute atomic E-state index is 0.175. The van der Waals surface area contributed by atoms with Gasteiger partial charge in [0.25, 0.3) is 0 Å². The van der Waals surface area contributed by atoms with Gasteiger partial charge in [-0.05, 0) is 62.3 Å². The molecule has 1 N–H and O–H groups in total. The van der Waals surface area contributed by atoms with Crippen LogP contribution in [0.2, 0.25) is 0 Å². The summed E-state index contributed by atoms with van der Waals surface area (Å²) in [5, 5.41) is 3.76. The molecular formula is C20H26N2O2. The van der Waals surface area contributed by atoms with Crippen LogP contribution in [0, 0.1) is 19.3 Å². The summed E-state index contributed by atoms with van der Waals surface area (Å²) < 4.78 is 5.06.